The molecule has 0 spiro atoms. The predicted octanol–water partition coefficient (Wildman–Crippen LogP) is 1.62. The molecule has 1 amide bonds. The van der Waals surface area contributed by atoms with Gasteiger partial charge in [0.25, 0.3) is 5.91 Å². The van der Waals surface area contributed by atoms with Crippen LogP contribution >= 0.6 is 0 Å². The molecule has 0 unspecified atom stereocenters. The molecule has 1 aromatic heterocycles. The lowest BCUT2D eigenvalue weighted by atomic mass is 10.1. The van der Waals surface area contributed by atoms with Crippen molar-refractivity contribution < 1.29 is 23.8 Å². The Morgan fingerprint density at radius 3 is 2.68 bits per heavy atom. The number of amides is 1. The van der Waals surface area contributed by atoms with E-state index >= 15 is 0 Å². The van der Waals surface area contributed by atoms with Gasteiger partial charge in [-0.3, -0.25) is 4.79 Å². The van der Waals surface area contributed by atoms with Crippen LogP contribution in [-0.4, -0.2) is 47.7 Å². The minimum absolute atomic E-state index is 0.00690. The molecule has 6 heteroatoms. The molecule has 2 rings (SSSR count). The van der Waals surface area contributed by atoms with Gasteiger partial charge in [-0.25, -0.2) is 4.79 Å². The number of ether oxygens (including phenoxy) is 1. The Morgan fingerprint density at radius 1 is 1.47 bits per heavy atom. The summed E-state index contributed by atoms with van der Waals surface area (Å²) in [7, 11) is 0. The van der Waals surface area contributed by atoms with E-state index in [0.29, 0.717) is 19.7 Å². The standard InChI is InChI=1S/C13H17NO5/c1-2-18-10-3-5-14(6-4-10)12(15)11-7-9(8-19-11)13(16)17/h7-8,10H,2-6H2,1H3,(H,16,17). The molecule has 1 N–H and O–H groups in total. The van der Waals surface area contributed by atoms with Gasteiger partial charge in [0.1, 0.15) is 6.26 Å². The van der Waals surface area contributed by atoms with E-state index in [-0.39, 0.29) is 23.3 Å². The highest BCUT2D eigenvalue weighted by Crippen LogP contribution is 2.17. The first-order valence-electron chi connectivity index (χ1n) is 6.34. The molecule has 0 aliphatic carbocycles. The quantitative estimate of drug-likeness (QED) is 0.896. The molecule has 2 heterocycles. The molecule has 1 aliphatic rings. The lowest BCUT2D eigenvalue weighted by Crippen LogP contribution is -2.40. The summed E-state index contributed by atoms with van der Waals surface area (Å²) in [5.41, 5.74) is -0.00690. The molecule has 0 radical (unpaired) electrons. The number of carbonyl (C=O) groups is 2. The van der Waals surface area contributed by atoms with Crippen molar-refractivity contribution in [2.45, 2.75) is 25.9 Å². The number of aromatic carboxylic acids is 1. The normalized spacial score (nSPS) is 16.6. The van der Waals surface area contributed by atoms with Crippen LogP contribution in [0.5, 0.6) is 0 Å². The van der Waals surface area contributed by atoms with Gasteiger partial charge in [-0.1, -0.05) is 0 Å². The van der Waals surface area contributed by atoms with Crippen LogP contribution in [0.15, 0.2) is 16.7 Å². The maximum atomic E-state index is 12.1. The van der Waals surface area contributed by atoms with Gasteiger partial charge in [0.05, 0.1) is 11.7 Å². The maximum absolute atomic E-state index is 12.1. The number of likely N-dealkylation sites (tertiary alicyclic amines) is 1. The predicted molar refractivity (Wildman–Crippen MR) is 66.2 cm³/mol. The second-order valence-electron chi connectivity index (χ2n) is 4.45. The maximum Gasteiger partial charge on any atom is 0.338 e. The van der Waals surface area contributed by atoms with E-state index in [4.69, 9.17) is 14.3 Å². The van der Waals surface area contributed by atoms with Crippen molar-refractivity contribution in [1.29, 1.82) is 0 Å². The van der Waals surface area contributed by atoms with E-state index in [1.54, 1.807) is 4.90 Å². The largest absolute Gasteiger partial charge is 0.478 e. The molecule has 19 heavy (non-hydrogen) atoms. The second kappa shape index (κ2) is 5.88. The highest BCUT2D eigenvalue weighted by molar-refractivity contribution is 5.95. The molecule has 0 atom stereocenters. The smallest absolute Gasteiger partial charge is 0.338 e. The summed E-state index contributed by atoms with van der Waals surface area (Å²) in [6.07, 6.45) is 2.89. The van der Waals surface area contributed by atoms with Gasteiger partial charge in [-0.2, -0.15) is 0 Å². The van der Waals surface area contributed by atoms with Gasteiger partial charge >= 0.3 is 5.97 Å². The van der Waals surface area contributed by atoms with Crippen molar-refractivity contribution in [2.75, 3.05) is 19.7 Å². The molecular weight excluding hydrogens is 250 g/mol. The highest BCUT2D eigenvalue weighted by Gasteiger charge is 2.26. The monoisotopic (exact) mass is 267 g/mol. The Balaban J connectivity index is 1.95. The summed E-state index contributed by atoms with van der Waals surface area (Å²) in [6.45, 7) is 3.84. The summed E-state index contributed by atoms with van der Waals surface area (Å²) >= 11 is 0. The number of carboxylic acids is 1. The van der Waals surface area contributed by atoms with E-state index in [1.165, 1.54) is 6.07 Å². The third-order valence-corrected chi connectivity index (χ3v) is 3.19. The lowest BCUT2D eigenvalue weighted by molar-refractivity contribution is 0.0136. The minimum Gasteiger partial charge on any atom is -0.478 e. The molecule has 1 aromatic rings. The third kappa shape index (κ3) is 3.14. The van der Waals surface area contributed by atoms with Gasteiger partial charge in [-0.05, 0) is 19.8 Å². The molecule has 1 saturated heterocycles. The van der Waals surface area contributed by atoms with Crippen LogP contribution in [0.3, 0.4) is 0 Å². The summed E-state index contributed by atoms with van der Waals surface area (Å²) in [6, 6.07) is 1.26. The Kier molecular flexibility index (Phi) is 4.21. The number of hydrogen-bond donors (Lipinski definition) is 1. The number of piperidine rings is 1. The average molecular weight is 267 g/mol. The zero-order valence-electron chi connectivity index (χ0n) is 10.8. The van der Waals surface area contributed by atoms with Crippen LogP contribution in [0.1, 0.15) is 40.7 Å². The van der Waals surface area contributed by atoms with E-state index in [1.807, 2.05) is 6.92 Å². The van der Waals surface area contributed by atoms with E-state index in [2.05, 4.69) is 0 Å². The van der Waals surface area contributed by atoms with Crippen molar-refractivity contribution >= 4 is 11.9 Å². The number of carboxylic acid groups (broad SMARTS) is 1. The third-order valence-electron chi connectivity index (χ3n) is 3.19. The lowest BCUT2D eigenvalue weighted by Gasteiger charge is -2.31. The minimum atomic E-state index is -1.10. The van der Waals surface area contributed by atoms with Crippen molar-refractivity contribution in [3.8, 4) is 0 Å². The Morgan fingerprint density at radius 2 is 2.16 bits per heavy atom. The summed E-state index contributed by atoms with van der Waals surface area (Å²) in [4.78, 5) is 24.5. The number of nitrogens with zero attached hydrogens (tertiary/aromatic N) is 1. The SMILES string of the molecule is CCOC1CCN(C(=O)c2cc(C(=O)O)co2)CC1. The zero-order chi connectivity index (χ0) is 13.8. The van der Waals surface area contributed by atoms with Crippen LogP contribution in [0, 0.1) is 0 Å². The van der Waals surface area contributed by atoms with Crippen LogP contribution < -0.4 is 0 Å². The highest BCUT2D eigenvalue weighted by atomic mass is 16.5. The van der Waals surface area contributed by atoms with Crippen molar-refractivity contribution in [1.82, 2.24) is 4.90 Å². The van der Waals surface area contributed by atoms with Gasteiger partial charge in [-0.15, -0.1) is 0 Å². The molecule has 104 valence electrons. The average Bonchev–Trinajstić information content (AvgIpc) is 2.89. The number of furan rings is 1. The van der Waals surface area contributed by atoms with Gasteiger partial charge < -0.3 is 19.2 Å². The fraction of sp³-hybridized carbons (Fsp3) is 0.538. The molecule has 1 fully saturated rings. The van der Waals surface area contributed by atoms with E-state index < -0.39 is 5.97 Å². The van der Waals surface area contributed by atoms with Crippen LogP contribution in [-0.2, 0) is 4.74 Å². The molecule has 6 nitrogen and oxygen atoms in total. The second-order valence-corrected chi connectivity index (χ2v) is 4.45. The number of hydrogen-bond acceptors (Lipinski definition) is 4. The Hall–Kier alpha value is -1.82. The number of carbonyl (C=O) groups excluding carboxylic acids is 1. The van der Waals surface area contributed by atoms with Crippen LogP contribution in [0.4, 0.5) is 0 Å². The van der Waals surface area contributed by atoms with Crippen LogP contribution in [0.25, 0.3) is 0 Å². The number of rotatable bonds is 4. The topological polar surface area (TPSA) is 80.0 Å². The molecule has 0 aromatic carbocycles. The Labute approximate surface area is 110 Å². The molecule has 1 aliphatic heterocycles. The first-order valence-corrected chi connectivity index (χ1v) is 6.34. The Bertz CT molecular complexity index is 459. The van der Waals surface area contributed by atoms with E-state index in [0.717, 1.165) is 19.1 Å². The first kappa shape index (κ1) is 13.6. The van der Waals surface area contributed by atoms with Crippen molar-refractivity contribution in [3.05, 3.63) is 23.7 Å². The zero-order valence-corrected chi connectivity index (χ0v) is 10.8. The fourth-order valence-electron chi connectivity index (χ4n) is 2.18. The van der Waals surface area contributed by atoms with E-state index in [9.17, 15) is 9.59 Å². The fourth-order valence-corrected chi connectivity index (χ4v) is 2.18. The molecule has 0 saturated carbocycles. The molecular formula is C13H17NO5. The summed E-state index contributed by atoms with van der Waals surface area (Å²) in [5.74, 6) is -1.28. The molecule has 0 bridgehead atoms. The van der Waals surface area contributed by atoms with Gasteiger partial charge in [0, 0.05) is 25.8 Å². The van der Waals surface area contributed by atoms with Gasteiger partial charge in [0.15, 0.2) is 5.76 Å². The van der Waals surface area contributed by atoms with Gasteiger partial charge in [0.2, 0.25) is 0 Å². The first-order chi connectivity index (χ1) is 9.11. The van der Waals surface area contributed by atoms with Crippen LogP contribution in [0.2, 0.25) is 0 Å². The van der Waals surface area contributed by atoms with Crippen molar-refractivity contribution in [2.24, 2.45) is 0 Å². The summed E-state index contributed by atoms with van der Waals surface area (Å²) < 4.78 is 10.5. The van der Waals surface area contributed by atoms with Crippen molar-refractivity contribution in [3.63, 3.8) is 0 Å². The summed E-state index contributed by atoms with van der Waals surface area (Å²) in [5, 5.41) is 8.78.